The number of carbonyl (C=O) groups is 5. The zero-order valence-corrected chi connectivity index (χ0v) is 19.4. The molecule has 2 amide bonds. The van der Waals surface area contributed by atoms with Crippen LogP contribution in [0.4, 0.5) is 0 Å². The van der Waals surface area contributed by atoms with E-state index in [0.29, 0.717) is 25.0 Å². The smallest absolute Gasteiger partial charge is 0.335 e. The van der Waals surface area contributed by atoms with Crippen LogP contribution >= 0.6 is 0 Å². The molecule has 9 heteroatoms. The highest BCUT2D eigenvalue weighted by Gasteiger charge is 2.36. The molecule has 0 rings (SSSR count). The molecule has 0 aromatic heterocycles. The lowest BCUT2D eigenvalue weighted by atomic mass is 9.80. The molecule has 2 atom stereocenters. The maximum Gasteiger partial charge on any atom is 0.335 e. The normalized spacial score (nSPS) is 13.7. The number of hydrogen-bond donors (Lipinski definition) is 3. The van der Waals surface area contributed by atoms with Crippen LogP contribution < -0.4 is 10.6 Å². The Hall–Kier alpha value is -2.55. The van der Waals surface area contributed by atoms with E-state index in [-0.39, 0.29) is 18.8 Å². The molecule has 0 spiro atoms. The van der Waals surface area contributed by atoms with Gasteiger partial charge in [0.2, 0.25) is 11.6 Å². The first-order chi connectivity index (χ1) is 14.4. The van der Waals surface area contributed by atoms with Crippen LogP contribution in [0.3, 0.4) is 0 Å². The summed E-state index contributed by atoms with van der Waals surface area (Å²) in [5, 5.41) is 13.9. The van der Waals surface area contributed by atoms with Crippen molar-refractivity contribution in [3.8, 4) is 0 Å². The summed E-state index contributed by atoms with van der Waals surface area (Å²) in [5.74, 6) is -3.41. The van der Waals surface area contributed by atoms with Gasteiger partial charge in [0, 0.05) is 30.4 Å². The fourth-order valence-corrected chi connectivity index (χ4v) is 2.92. The molecule has 0 heterocycles. The first-order valence-corrected chi connectivity index (χ1v) is 10.5. The molecule has 0 aromatic rings. The van der Waals surface area contributed by atoms with E-state index in [9.17, 15) is 24.0 Å². The van der Waals surface area contributed by atoms with Gasteiger partial charge in [-0.2, -0.15) is 0 Å². The Morgan fingerprint density at radius 3 is 2.23 bits per heavy atom. The summed E-state index contributed by atoms with van der Waals surface area (Å²) in [6, 6.07) is 0. The van der Waals surface area contributed by atoms with Gasteiger partial charge in [-0.3, -0.25) is 19.2 Å². The van der Waals surface area contributed by atoms with E-state index in [0.717, 1.165) is 0 Å². The lowest BCUT2D eigenvalue weighted by molar-refractivity contribution is -0.158. The summed E-state index contributed by atoms with van der Waals surface area (Å²) in [6.45, 7) is 10.2. The van der Waals surface area contributed by atoms with Crippen molar-refractivity contribution in [3.05, 3.63) is 11.6 Å². The molecule has 2 unspecified atom stereocenters. The molecule has 9 nitrogen and oxygen atoms in total. The Kier molecular flexibility index (Phi) is 12.6. The van der Waals surface area contributed by atoms with Crippen LogP contribution in [0.15, 0.2) is 11.6 Å². The molecule has 0 aliphatic carbocycles. The highest BCUT2D eigenvalue weighted by Crippen LogP contribution is 2.32. The predicted molar refractivity (Wildman–Crippen MR) is 115 cm³/mol. The molecule has 31 heavy (non-hydrogen) atoms. The van der Waals surface area contributed by atoms with E-state index in [4.69, 9.17) is 9.84 Å². The number of hydrogen-bond acceptors (Lipinski definition) is 7. The number of esters is 1. The van der Waals surface area contributed by atoms with Crippen LogP contribution in [-0.4, -0.2) is 53.8 Å². The maximum absolute atomic E-state index is 12.3. The van der Waals surface area contributed by atoms with Crippen molar-refractivity contribution in [1.29, 1.82) is 0 Å². The third-order valence-corrected chi connectivity index (χ3v) is 4.92. The minimum Gasteiger partial charge on any atom is -0.438 e. The Bertz CT molecular complexity index is 698. The summed E-state index contributed by atoms with van der Waals surface area (Å²) in [4.78, 5) is 59.2. The summed E-state index contributed by atoms with van der Waals surface area (Å²) in [5.41, 5.74) is -0.394. The molecule has 176 valence electrons. The summed E-state index contributed by atoms with van der Waals surface area (Å²) in [6.07, 6.45) is 1.37. The standard InChI is InChI=1S/C22H36N2O7/c1-7-15(4)20(30)31-21(24-19(29)17(27)10-12-25)22(5,6)13-14(3)9-11-23-18(28)16(26)8-2/h7,14,21,25H,8-13H2,1-6H3,(H,23,28)(H,24,29). The summed E-state index contributed by atoms with van der Waals surface area (Å²) in [7, 11) is 0. The Morgan fingerprint density at radius 1 is 1.10 bits per heavy atom. The van der Waals surface area contributed by atoms with Crippen LogP contribution in [0, 0.1) is 11.3 Å². The molecule has 0 saturated heterocycles. The van der Waals surface area contributed by atoms with Crippen LogP contribution in [0.5, 0.6) is 0 Å². The number of carbonyl (C=O) groups excluding carboxylic acids is 5. The van der Waals surface area contributed by atoms with Gasteiger partial charge in [0.15, 0.2) is 6.23 Å². The molecule has 0 radical (unpaired) electrons. The number of nitrogens with one attached hydrogen (secondary N) is 2. The summed E-state index contributed by atoms with van der Waals surface area (Å²) < 4.78 is 5.49. The Balaban J connectivity index is 5.21. The van der Waals surface area contributed by atoms with Crippen LogP contribution in [-0.2, 0) is 28.7 Å². The largest absolute Gasteiger partial charge is 0.438 e. The number of amides is 2. The maximum atomic E-state index is 12.3. The molecule has 0 saturated carbocycles. The first kappa shape index (κ1) is 28.5. The highest BCUT2D eigenvalue weighted by molar-refractivity contribution is 6.36. The van der Waals surface area contributed by atoms with E-state index in [1.807, 2.05) is 6.92 Å². The number of ketones is 2. The summed E-state index contributed by atoms with van der Waals surface area (Å²) >= 11 is 0. The molecular weight excluding hydrogens is 404 g/mol. The average molecular weight is 441 g/mol. The quantitative estimate of drug-likeness (QED) is 0.161. The molecule has 0 aromatic carbocycles. The van der Waals surface area contributed by atoms with E-state index in [1.165, 1.54) is 0 Å². The fourth-order valence-electron chi connectivity index (χ4n) is 2.92. The van der Waals surface area contributed by atoms with E-state index in [2.05, 4.69) is 10.6 Å². The monoisotopic (exact) mass is 440 g/mol. The van der Waals surface area contributed by atoms with Crippen LogP contribution in [0.2, 0.25) is 0 Å². The van der Waals surface area contributed by atoms with Crippen molar-refractivity contribution in [3.63, 3.8) is 0 Å². The van der Waals surface area contributed by atoms with Crippen molar-refractivity contribution >= 4 is 29.4 Å². The topological polar surface area (TPSA) is 139 Å². The second-order valence-electron chi connectivity index (χ2n) is 8.25. The zero-order valence-electron chi connectivity index (χ0n) is 19.4. The molecule has 0 bridgehead atoms. The number of aliphatic hydroxyl groups excluding tert-OH is 1. The van der Waals surface area contributed by atoms with Gasteiger partial charge in [-0.05, 0) is 32.6 Å². The number of Topliss-reactive ketones (excluding diaryl/α,β-unsaturated/α-hetero) is 2. The predicted octanol–water partition coefficient (Wildman–Crippen LogP) is 1.43. The van der Waals surface area contributed by atoms with Crippen molar-refractivity contribution < 1.29 is 33.8 Å². The van der Waals surface area contributed by atoms with Crippen LogP contribution in [0.1, 0.15) is 67.2 Å². The molecule has 3 N–H and O–H groups in total. The average Bonchev–Trinajstić information content (AvgIpc) is 2.71. The number of allylic oxidation sites excluding steroid dienone is 1. The first-order valence-electron chi connectivity index (χ1n) is 10.5. The number of rotatable bonds is 14. The van der Waals surface area contributed by atoms with Gasteiger partial charge in [0.05, 0.1) is 6.61 Å². The van der Waals surface area contributed by atoms with Gasteiger partial charge in [-0.15, -0.1) is 0 Å². The lowest BCUT2D eigenvalue weighted by Crippen LogP contribution is -2.50. The molecule has 0 fully saturated rings. The number of aliphatic hydroxyl groups is 1. The van der Waals surface area contributed by atoms with Crippen molar-refractivity contribution in [1.82, 2.24) is 10.6 Å². The SMILES string of the molecule is CC=C(C)C(=O)OC(NC(=O)C(=O)CCO)C(C)(C)CC(C)CCNC(=O)C(=O)CC. The third-order valence-electron chi connectivity index (χ3n) is 4.92. The van der Waals surface area contributed by atoms with Crippen molar-refractivity contribution in [2.24, 2.45) is 11.3 Å². The lowest BCUT2D eigenvalue weighted by Gasteiger charge is -2.36. The third kappa shape index (κ3) is 10.3. The van der Waals surface area contributed by atoms with Gasteiger partial charge in [0.25, 0.3) is 11.8 Å². The second-order valence-corrected chi connectivity index (χ2v) is 8.25. The van der Waals surface area contributed by atoms with Gasteiger partial charge in [-0.25, -0.2) is 4.79 Å². The van der Waals surface area contributed by atoms with Crippen LogP contribution in [0.25, 0.3) is 0 Å². The van der Waals surface area contributed by atoms with Crippen molar-refractivity contribution in [2.75, 3.05) is 13.2 Å². The van der Waals surface area contributed by atoms with E-state index >= 15 is 0 Å². The zero-order chi connectivity index (χ0) is 24.2. The second kappa shape index (κ2) is 13.7. The highest BCUT2D eigenvalue weighted by atomic mass is 16.6. The minimum atomic E-state index is -1.08. The van der Waals surface area contributed by atoms with Gasteiger partial charge in [-0.1, -0.05) is 33.8 Å². The van der Waals surface area contributed by atoms with Gasteiger partial charge in [0.1, 0.15) is 0 Å². The molecule has 0 aliphatic rings. The number of ether oxygens (including phenoxy) is 1. The molecule has 0 aliphatic heterocycles. The Morgan fingerprint density at radius 2 is 1.71 bits per heavy atom. The van der Waals surface area contributed by atoms with E-state index < -0.39 is 47.6 Å². The van der Waals surface area contributed by atoms with Gasteiger partial charge >= 0.3 is 5.97 Å². The van der Waals surface area contributed by atoms with E-state index in [1.54, 1.807) is 40.7 Å². The Labute approximate surface area is 184 Å². The fraction of sp³-hybridized carbons (Fsp3) is 0.682. The van der Waals surface area contributed by atoms with Crippen molar-refractivity contribution in [2.45, 2.75) is 73.5 Å². The van der Waals surface area contributed by atoms with Gasteiger partial charge < -0.3 is 20.5 Å². The minimum absolute atomic E-state index is 0.0427. The molecular formula is C22H36N2O7.